The third kappa shape index (κ3) is 3.37. The number of aromatic nitrogens is 2. The van der Waals surface area contributed by atoms with Gasteiger partial charge in [-0.15, -0.1) is 0 Å². The second-order valence-electron chi connectivity index (χ2n) is 5.53. The lowest BCUT2D eigenvalue weighted by atomic mass is 10.0. The molecule has 4 heteroatoms. The molecule has 1 unspecified atom stereocenters. The zero-order valence-electron chi connectivity index (χ0n) is 12.7. The molecule has 19 heavy (non-hydrogen) atoms. The summed E-state index contributed by atoms with van der Waals surface area (Å²) in [6, 6.07) is 2.12. The molecule has 0 bridgehead atoms. The van der Waals surface area contributed by atoms with E-state index in [2.05, 4.69) is 48.5 Å². The number of nitrogens with zero attached hydrogens (tertiary/aromatic N) is 4. The van der Waals surface area contributed by atoms with Crippen molar-refractivity contribution in [3.8, 4) is 0 Å². The molecule has 106 valence electrons. The maximum atomic E-state index is 4.77. The van der Waals surface area contributed by atoms with Crippen molar-refractivity contribution in [2.24, 2.45) is 5.92 Å². The predicted molar refractivity (Wildman–Crippen MR) is 80.9 cm³/mol. The van der Waals surface area contributed by atoms with Crippen molar-refractivity contribution in [1.29, 1.82) is 0 Å². The summed E-state index contributed by atoms with van der Waals surface area (Å²) >= 11 is 0. The normalized spacial score (nSPS) is 19.6. The first-order valence-corrected chi connectivity index (χ1v) is 7.49. The molecule has 0 saturated carbocycles. The van der Waals surface area contributed by atoms with Crippen molar-refractivity contribution >= 4 is 11.8 Å². The van der Waals surface area contributed by atoms with Crippen molar-refractivity contribution in [3.63, 3.8) is 0 Å². The molecule has 0 spiro atoms. The van der Waals surface area contributed by atoms with Gasteiger partial charge in [-0.05, 0) is 39.5 Å². The maximum Gasteiger partial charge on any atom is 0.227 e. The summed E-state index contributed by atoms with van der Waals surface area (Å²) < 4.78 is 0. The summed E-state index contributed by atoms with van der Waals surface area (Å²) in [5.41, 5.74) is 1.06. The van der Waals surface area contributed by atoms with Crippen LogP contribution in [0.1, 0.15) is 39.3 Å². The van der Waals surface area contributed by atoms with Crippen molar-refractivity contribution in [1.82, 2.24) is 9.97 Å². The Morgan fingerprint density at radius 1 is 1.32 bits per heavy atom. The minimum Gasteiger partial charge on any atom is -0.356 e. The summed E-state index contributed by atoms with van der Waals surface area (Å²) in [5, 5.41) is 0. The topological polar surface area (TPSA) is 32.3 Å². The fraction of sp³-hybridized carbons (Fsp3) is 0.733. The lowest BCUT2D eigenvalue weighted by Crippen LogP contribution is -2.35. The van der Waals surface area contributed by atoms with Crippen molar-refractivity contribution in [2.45, 2.75) is 40.5 Å². The Bertz CT molecular complexity index is 415. The molecule has 0 radical (unpaired) electrons. The van der Waals surface area contributed by atoms with Crippen LogP contribution in [0.25, 0.3) is 0 Å². The van der Waals surface area contributed by atoms with Crippen molar-refractivity contribution in [3.05, 3.63) is 11.8 Å². The van der Waals surface area contributed by atoms with E-state index in [4.69, 9.17) is 4.98 Å². The molecule has 1 aromatic rings. The Kier molecular flexibility index (Phi) is 4.61. The highest BCUT2D eigenvalue weighted by molar-refractivity contribution is 5.46. The van der Waals surface area contributed by atoms with E-state index < -0.39 is 0 Å². The molecule has 0 aromatic carbocycles. The number of rotatable bonds is 4. The molecule has 1 aliphatic heterocycles. The van der Waals surface area contributed by atoms with Crippen LogP contribution >= 0.6 is 0 Å². The second-order valence-corrected chi connectivity index (χ2v) is 5.53. The van der Waals surface area contributed by atoms with Crippen LogP contribution in [0.15, 0.2) is 6.07 Å². The minimum atomic E-state index is 0.765. The largest absolute Gasteiger partial charge is 0.356 e. The molecule has 1 fully saturated rings. The molecule has 4 nitrogen and oxygen atoms in total. The van der Waals surface area contributed by atoms with Crippen LogP contribution in [0.2, 0.25) is 0 Å². The zero-order valence-corrected chi connectivity index (χ0v) is 12.7. The molecule has 2 heterocycles. The monoisotopic (exact) mass is 262 g/mol. The first-order valence-electron chi connectivity index (χ1n) is 7.49. The highest BCUT2D eigenvalue weighted by Gasteiger charge is 2.19. The van der Waals surface area contributed by atoms with Crippen LogP contribution in [0, 0.1) is 12.8 Å². The van der Waals surface area contributed by atoms with E-state index in [-0.39, 0.29) is 0 Å². The van der Waals surface area contributed by atoms with E-state index >= 15 is 0 Å². The third-order valence-corrected chi connectivity index (χ3v) is 3.86. The van der Waals surface area contributed by atoms with Crippen molar-refractivity contribution in [2.75, 3.05) is 36.0 Å². The summed E-state index contributed by atoms with van der Waals surface area (Å²) in [6.07, 6.45) is 2.61. The van der Waals surface area contributed by atoms with Crippen molar-refractivity contribution < 1.29 is 0 Å². The Labute approximate surface area is 116 Å². The Morgan fingerprint density at radius 2 is 2.05 bits per heavy atom. The average Bonchev–Trinajstić information content (AvgIpc) is 2.39. The van der Waals surface area contributed by atoms with Gasteiger partial charge in [0.2, 0.25) is 5.95 Å². The first kappa shape index (κ1) is 14.1. The van der Waals surface area contributed by atoms with E-state index in [0.29, 0.717) is 0 Å². The molecule has 1 aliphatic rings. The summed E-state index contributed by atoms with van der Waals surface area (Å²) in [5.74, 6) is 2.74. The molecule has 1 saturated heterocycles. The van der Waals surface area contributed by atoms with E-state index in [0.717, 1.165) is 49.6 Å². The van der Waals surface area contributed by atoms with Crippen LogP contribution in [-0.2, 0) is 0 Å². The summed E-state index contributed by atoms with van der Waals surface area (Å²) in [6.45, 7) is 12.8. The maximum absolute atomic E-state index is 4.77. The molecule has 1 atom stereocenters. The van der Waals surface area contributed by atoms with E-state index in [1.165, 1.54) is 12.8 Å². The molecule has 0 N–H and O–H groups in total. The van der Waals surface area contributed by atoms with Crippen LogP contribution in [0.5, 0.6) is 0 Å². The minimum absolute atomic E-state index is 0.765. The number of hydrogen-bond donors (Lipinski definition) is 0. The van der Waals surface area contributed by atoms with Gasteiger partial charge in [0.1, 0.15) is 5.82 Å². The fourth-order valence-corrected chi connectivity index (χ4v) is 2.74. The van der Waals surface area contributed by atoms with Gasteiger partial charge in [0.15, 0.2) is 0 Å². The molecular weight excluding hydrogens is 236 g/mol. The smallest absolute Gasteiger partial charge is 0.227 e. The SMILES string of the molecule is CCN(CC)c1nc(C)cc(N2CCCC(C)C2)n1. The Balaban J connectivity index is 2.25. The summed E-state index contributed by atoms with van der Waals surface area (Å²) in [7, 11) is 0. The number of aryl methyl sites for hydroxylation is 1. The number of hydrogen-bond acceptors (Lipinski definition) is 4. The van der Waals surface area contributed by atoms with E-state index in [1.54, 1.807) is 0 Å². The quantitative estimate of drug-likeness (QED) is 0.835. The van der Waals surface area contributed by atoms with Gasteiger partial charge in [-0.3, -0.25) is 0 Å². The third-order valence-electron chi connectivity index (χ3n) is 3.86. The van der Waals surface area contributed by atoms with E-state index in [1.807, 2.05) is 0 Å². The molecule has 0 amide bonds. The molecule has 1 aromatic heterocycles. The van der Waals surface area contributed by atoms with Gasteiger partial charge in [-0.1, -0.05) is 6.92 Å². The molecule has 2 rings (SSSR count). The zero-order chi connectivity index (χ0) is 13.8. The molecule has 0 aliphatic carbocycles. The van der Waals surface area contributed by atoms with Crippen LogP contribution < -0.4 is 9.80 Å². The fourth-order valence-electron chi connectivity index (χ4n) is 2.74. The van der Waals surface area contributed by atoms with Gasteiger partial charge in [-0.2, -0.15) is 4.98 Å². The molecular formula is C15H26N4. The standard InChI is InChI=1S/C15H26N4/c1-5-18(6-2)15-16-13(4)10-14(17-15)19-9-7-8-12(3)11-19/h10,12H,5-9,11H2,1-4H3. The first-order chi connectivity index (χ1) is 9.13. The highest BCUT2D eigenvalue weighted by atomic mass is 15.3. The van der Waals surface area contributed by atoms with Crippen LogP contribution in [0.4, 0.5) is 11.8 Å². The predicted octanol–water partition coefficient (Wildman–Crippen LogP) is 2.87. The van der Waals surface area contributed by atoms with Gasteiger partial charge in [0.25, 0.3) is 0 Å². The van der Waals surface area contributed by atoms with Crippen LogP contribution in [0.3, 0.4) is 0 Å². The lowest BCUT2D eigenvalue weighted by molar-refractivity contribution is 0.444. The Hall–Kier alpha value is -1.32. The van der Waals surface area contributed by atoms with Gasteiger partial charge in [0.05, 0.1) is 0 Å². The van der Waals surface area contributed by atoms with Gasteiger partial charge >= 0.3 is 0 Å². The number of piperidine rings is 1. The van der Waals surface area contributed by atoms with Gasteiger partial charge in [-0.25, -0.2) is 4.98 Å². The lowest BCUT2D eigenvalue weighted by Gasteiger charge is -2.32. The summed E-state index contributed by atoms with van der Waals surface area (Å²) in [4.78, 5) is 14.0. The second kappa shape index (κ2) is 6.22. The number of anilines is 2. The highest BCUT2D eigenvalue weighted by Crippen LogP contribution is 2.23. The van der Waals surface area contributed by atoms with E-state index in [9.17, 15) is 0 Å². The Morgan fingerprint density at radius 3 is 2.68 bits per heavy atom. The average molecular weight is 262 g/mol. The van der Waals surface area contributed by atoms with Crippen LogP contribution in [-0.4, -0.2) is 36.1 Å². The van der Waals surface area contributed by atoms with Gasteiger partial charge < -0.3 is 9.80 Å². The van der Waals surface area contributed by atoms with Gasteiger partial charge in [0, 0.05) is 37.9 Å².